The number of hydrogen-bond acceptors (Lipinski definition) is 3. The van der Waals surface area contributed by atoms with Crippen LogP contribution in [0.1, 0.15) is 31.0 Å². The van der Waals surface area contributed by atoms with Gasteiger partial charge in [0.05, 0.1) is 19.3 Å². The van der Waals surface area contributed by atoms with E-state index in [4.69, 9.17) is 10.5 Å². The lowest BCUT2D eigenvalue weighted by Crippen LogP contribution is -2.31. The molecule has 0 bridgehead atoms. The Morgan fingerprint density at radius 1 is 1.29 bits per heavy atom. The molecule has 0 fully saturated rings. The minimum atomic E-state index is -0.521. The Morgan fingerprint density at radius 3 is 2.29 bits per heavy atom. The van der Waals surface area contributed by atoms with Crippen LogP contribution in [0.2, 0.25) is 0 Å². The van der Waals surface area contributed by atoms with Gasteiger partial charge in [-0.05, 0) is 36.1 Å². The van der Waals surface area contributed by atoms with Crippen LogP contribution in [0.4, 0.5) is 0 Å². The fourth-order valence-corrected chi connectivity index (χ4v) is 1.75. The van der Waals surface area contributed by atoms with Crippen LogP contribution in [0.15, 0.2) is 18.2 Å². The van der Waals surface area contributed by atoms with Crippen LogP contribution < -0.4 is 10.5 Å². The van der Waals surface area contributed by atoms with E-state index in [0.29, 0.717) is 0 Å². The van der Waals surface area contributed by atoms with Gasteiger partial charge in [-0.1, -0.05) is 19.9 Å². The standard InChI is InChI=1S/C13H21NO2.ClH/c1-8(2)13(15)12(14)11-6-5-10(16-4)7-9(11)3;/h5-8,12-13,15H,14H2,1-4H3;1H/t12-,13+;/m1./s1. The number of aryl methyl sites for hydroxylation is 1. The Balaban J connectivity index is 0.00000256. The zero-order valence-electron chi connectivity index (χ0n) is 10.8. The third-order valence-electron chi connectivity index (χ3n) is 2.89. The summed E-state index contributed by atoms with van der Waals surface area (Å²) in [5.74, 6) is 0.962. The average Bonchev–Trinajstić information content (AvgIpc) is 2.26. The molecular weight excluding hydrogens is 238 g/mol. The molecule has 0 radical (unpaired) electrons. The highest BCUT2D eigenvalue weighted by molar-refractivity contribution is 5.85. The lowest BCUT2D eigenvalue weighted by atomic mass is 9.92. The largest absolute Gasteiger partial charge is 0.497 e. The van der Waals surface area contributed by atoms with E-state index in [2.05, 4.69) is 0 Å². The van der Waals surface area contributed by atoms with Crippen molar-refractivity contribution in [2.45, 2.75) is 32.9 Å². The summed E-state index contributed by atoms with van der Waals surface area (Å²) in [5, 5.41) is 9.94. The Hall–Kier alpha value is -0.770. The van der Waals surface area contributed by atoms with Crippen LogP contribution in [0.3, 0.4) is 0 Å². The van der Waals surface area contributed by atoms with Crippen LogP contribution in [0.5, 0.6) is 5.75 Å². The number of nitrogens with two attached hydrogens (primary N) is 1. The molecule has 17 heavy (non-hydrogen) atoms. The molecule has 4 heteroatoms. The summed E-state index contributed by atoms with van der Waals surface area (Å²) in [4.78, 5) is 0. The lowest BCUT2D eigenvalue weighted by molar-refractivity contribution is 0.0977. The fourth-order valence-electron chi connectivity index (χ4n) is 1.75. The second-order valence-electron chi connectivity index (χ2n) is 4.48. The number of aliphatic hydroxyl groups is 1. The van der Waals surface area contributed by atoms with Crippen molar-refractivity contribution in [3.8, 4) is 5.75 Å². The van der Waals surface area contributed by atoms with Crippen molar-refractivity contribution in [2.24, 2.45) is 11.7 Å². The molecule has 0 unspecified atom stereocenters. The van der Waals surface area contributed by atoms with E-state index in [9.17, 15) is 5.11 Å². The maximum absolute atomic E-state index is 9.94. The van der Waals surface area contributed by atoms with Crippen molar-refractivity contribution in [1.29, 1.82) is 0 Å². The summed E-state index contributed by atoms with van der Waals surface area (Å²) in [6.07, 6.45) is -0.521. The van der Waals surface area contributed by atoms with Gasteiger partial charge < -0.3 is 15.6 Å². The summed E-state index contributed by atoms with van der Waals surface area (Å²) < 4.78 is 5.13. The van der Waals surface area contributed by atoms with Crippen molar-refractivity contribution in [2.75, 3.05) is 7.11 Å². The van der Waals surface area contributed by atoms with E-state index in [1.165, 1.54) is 0 Å². The number of halogens is 1. The Labute approximate surface area is 109 Å². The van der Waals surface area contributed by atoms with Gasteiger partial charge in [0.2, 0.25) is 0 Å². The molecule has 0 spiro atoms. The van der Waals surface area contributed by atoms with E-state index in [0.717, 1.165) is 16.9 Å². The predicted molar refractivity (Wildman–Crippen MR) is 72.8 cm³/mol. The van der Waals surface area contributed by atoms with Gasteiger partial charge in [0.15, 0.2) is 0 Å². The number of methoxy groups -OCH3 is 1. The molecule has 1 rings (SSSR count). The van der Waals surface area contributed by atoms with Crippen molar-refractivity contribution in [3.63, 3.8) is 0 Å². The van der Waals surface area contributed by atoms with Gasteiger partial charge >= 0.3 is 0 Å². The van der Waals surface area contributed by atoms with Crippen LogP contribution in [-0.2, 0) is 0 Å². The normalized spacial score (nSPS) is 14.1. The third-order valence-corrected chi connectivity index (χ3v) is 2.89. The molecule has 1 aromatic rings. The van der Waals surface area contributed by atoms with Crippen molar-refractivity contribution >= 4 is 12.4 Å². The first kappa shape index (κ1) is 16.2. The van der Waals surface area contributed by atoms with Gasteiger partial charge in [0.1, 0.15) is 5.75 Å². The molecule has 3 nitrogen and oxygen atoms in total. The first-order valence-corrected chi connectivity index (χ1v) is 5.55. The molecule has 3 N–H and O–H groups in total. The van der Waals surface area contributed by atoms with Gasteiger partial charge in [0, 0.05) is 0 Å². The maximum Gasteiger partial charge on any atom is 0.119 e. The Morgan fingerprint density at radius 2 is 1.88 bits per heavy atom. The highest BCUT2D eigenvalue weighted by Gasteiger charge is 2.21. The zero-order valence-corrected chi connectivity index (χ0v) is 11.6. The number of aliphatic hydroxyl groups excluding tert-OH is 1. The highest BCUT2D eigenvalue weighted by Crippen LogP contribution is 2.25. The van der Waals surface area contributed by atoms with Gasteiger partial charge in [-0.2, -0.15) is 0 Å². The molecule has 0 aliphatic carbocycles. The molecule has 0 aliphatic heterocycles. The monoisotopic (exact) mass is 259 g/mol. The first-order valence-electron chi connectivity index (χ1n) is 5.55. The van der Waals surface area contributed by atoms with Crippen LogP contribution in [-0.4, -0.2) is 18.3 Å². The summed E-state index contributed by atoms with van der Waals surface area (Å²) in [6, 6.07) is 5.38. The van der Waals surface area contributed by atoms with E-state index in [1.54, 1.807) is 7.11 Å². The summed E-state index contributed by atoms with van der Waals surface area (Å²) >= 11 is 0. The molecule has 0 aliphatic rings. The van der Waals surface area contributed by atoms with E-state index >= 15 is 0 Å². The number of rotatable bonds is 4. The topological polar surface area (TPSA) is 55.5 Å². The van der Waals surface area contributed by atoms with Gasteiger partial charge in [0.25, 0.3) is 0 Å². The van der Waals surface area contributed by atoms with Crippen LogP contribution in [0, 0.1) is 12.8 Å². The molecule has 0 saturated heterocycles. The zero-order chi connectivity index (χ0) is 12.3. The minimum absolute atomic E-state index is 0. The van der Waals surface area contributed by atoms with Gasteiger partial charge in [-0.25, -0.2) is 0 Å². The number of hydrogen-bond donors (Lipinski definition) is 2. The first-order chi connectivity index (χ1) is 7.47. The number of ether oxygens (including phenoxy) is 1. The highest BCUT2D eigenvalue weighted by atomic mass is 35.5. The molecule has 0 amide bonds. The Kier molecular flexibility index (Phi) is 6.53. The molecule has 98 valence electrons. The van der Waals surface area contributed by atoms with Crippen molar-refractivity contribution in [1.82, 2.24) is 0 Å². The quantitative estimate of drug-likeness (QED) is 0.873. The molecular formula is C13H22ClNO2. The van der Waals surface area contributed by atoms with E-state index < -0.39 is 6.10 Å². The Bertz CT molecular complexity index is 355. The lowest BCUT2D eigenvalue weighted by Gasteiger charge is -2.24. The SMILES string of the molecule is COc1ccc([C@@H](N)[C@@H](O)C(C)C)c(C)c1.Cl. The molecule has 0 saturated carbocycles. The molecule has 0 aromatic heterocycles. The second-order valence-corrected chi connectivity index (χ2v) is 4.48. The van der Waals surface area contributed by atoms with Crippen LogP contribution in [0.25, 0.3) is 0 Å². The second kappa shape index (κ2) is 6.84. The summed E-state index contributed by atoms with van der Waals surface area (Å²) in [6.45, 7) is 5.90. The third kappa shape index (κ3) is 3.87. The number of benzene rings is 1. The van der Waals surface area contributed by atoms with Crippen molar-refractivity contribution in [3.05, 3.63) is 29.3 Å². The molecule has 1 aromatic carbocycles. The van der Waals surface area contributed by atoms with Gasteiger partial charge in [-0.15, -0.1) is 12.4 Å². The fraction of sp³-hybridized carbons (Fsp3) is 0.538. The predicted octanol–water partition coefficient (Wildman–Crippen LogP) is 2.44. The molecule has 0 heterocycles. The molecule has 2 atom stereocenters. The average molecular weight is 260 g/mol. The summed E-state index contributed by atoms with van der Waals surface area (Å²) in [7, 11) is 1.64. The van der Waals surface area contributed by atoms with Crippen LogP contribution >= 0.6 is 12.4 Å². The minimum Gasteiger partial charge on any atom is -0.497 e. The van der Waals surface area contributed by atoms with E-state index in [-0.39, 0.29) is 24.4 Å². The van der Waals surface area contributed by atoms with Gasteiger partial charge in [-0.3, -0.25) is 0 Å². The maximum atomic E-state index is 9.94. The van der Waals surface area contributed by atoms with E-state index in [1.807, 2.05) is 39.0 Å². The van der Waals surface area contributed by atoms with Crippen molar-refractivity contribution < 1.29 is 9.84 Å². The smallest absolute Gasteiger partial charge is 0.119 e. The summed E-state index contributed by atoms with van der Waals surface area (Å²) in [5.41, 5.74) is 8.06.